The summed E-state index contributed by atoms with van der Waals surface area (Å²) in [6.07, 6.45) is 1.19. The fourth-order valence-corrected chi connectivity index (χ4v) is 5.43. The summed E-state index contributed by atoms with van der Waals surface area (Å²) < 4.78 is 40.7. The van der Waals surface area contributed by atoms with Crippen molar-refractivity contribution in [1.82, 2.24) is 0 Å². The zero-order chi connectivity index (χ0) is 23.8. The number of amides is 1. The molecule has 33 heavy (non-hydrogen) atoms. The summed E-state index contributed by atoms with van der Waals surface area (Å²) in [6.45, 7) is 1.80. The molecule has 0 unspecified atom stereocenters. The van der Waals surface area contributed by atoms with Crippen molar-refractivity contribution < 1.29 is 22.5 Å². The Hall–Kier alpha value is -3.79. The number of hydrogen-bond acceptors (Lipinski definition) is 5. The first kappa shape index (κ1) is 22.4. The van der Waals surface area contributed by atoms with Gasteiger partial charge < -0.3 is 5.32 Å². The van der Waals surface area contributed by atoms with Crippen LogP contribution in [-0.4, -0.2) is 25.8 Å². The number of aryl methyl sites for hydroxylation is 1. The smallest absolute Gasteiger partial charge is 0.273 e. The van der Waals surface area contributed by atoms with Crippen molar-refractivity contribution in [3.05, 3.63) is 93.3 Å². The quantitative estimate of drug-likeness (QED) is 0.439. The normalized spacial score (nSPS) is 13.3. The molecule has 0 bridgehead atoms. The van der Waals surface area contributed by atoms with Gasteiger partial charge >= 0.3 is 0 Å². The summed E-state index contributed by atoms with van der Waals surface area (Å²) >= 11 is 0. The van der Waals surface area contributed by atoms with Crippen LogP contribution in [0.25, 0.3) is 0 Å². The standard InChI is InChI=1S/C23H20FN3O5S/c1-15-20(5-2-6-21(15)27(29)30)23(28)25-18-9-12-22-16(14-18)4-3-13-26(22)33(31,32)19-10-7-17(24)8-11-19/h2,5-12,14H,3-4,13H2,1H3,(H,25,28). The van der Waals surface area contributed by atoms with E-state index < -0.39 is 26.7 Å². The molecule has 0 aromatic heterocycles. The average Bonchev–Trinajstić information content (AvgIpc) is 2.78. The molecule has 0 atom stereocenters. The summed E-state index contributed by atoms with van der Waals surface area (Å²) in [6, 6.07) is 13.9. The van der Waals surface area contributed by atoms with Gasteiger partial charge in [0.25, 0.3) is 21.6 Å². The van der Waals surface area contributed by atoms with Gasteiger partial charge in [-0.15, -0.1) is 0 Å². The number of carbonyl (C=O) groups is 1. The molecule has 3 aromatic rings. The van der Waals surface area contributed by atoms with E-state index in [0.29, 0.717) is 24.2 Å². The molecule has 8 nitrogen and oxygen atoms in total. The molecule has 0 spiro atoms. The predicted octanol–water partition coefficient (Wildman–Crippen LogP) is 4.44. The number of hydrogen-bond donors (Lipinski definition) is 1. The van der Waals surface area contributed by atoms with Gasteiger partial charge in [0.2, 0.25) is 0 Å². The summed E-state index contributed by atoms with van der Waals surface area (Å²) in [5.74, 6) is -1.02. The molecule has 0 aliphatic carbocycles. The fraction of sp³-hybridized carbons (Fsp3) is 0.174. The monoisotopic (exact) mass is 469 g/mol. The first-order chi connectivity index (χ1) is 15.7. The zero-order valence-corrected chi connectivity index (χ0v) is 18.4. The molecule has 0 saturated carbocycles. The van der Waals surface area contributed by atoms with Crippen LogP contribution in [0, 0.1) is 22.9 Å². The van der Waals surface area contributed by atoms with Gasteiger partial charge in [-0.2, -0.15) is 0 Å². The Balaban J connectivity index is 1.62. The van der Waals surface area contributed by atoms with E-state index in [1.54, 1.807) is 18.2 Å². The summed E-state index contributed by atoms with van der Waals surface area (Å²) in [4.78, 5) is 23.3. The number of halogens is 1. The largest absolute Gasteiger partial charge is 0.322 e. The number of fused-ring (bicyclic) bond motifs is 1. The lowest BCUT2D eigenvalue weighted by atomic mass is 10.0. The molecule has 0 saturated heterocycles. The Morgan fingerprint density at radius 2 is 1.85 bits per heavy atom. The maximum absolute atomic E-state index is 13.2. The van der Waals surface area contributed by atoms with Gasteiger partial charge in [0.05, 0.1) is 15.5 Å². The zero-order valence-electron chi connectivity index (χ0n) is 17.6. The lowest BCUT2D eigenvalue weighted by molar-refractivity contribution is -0.385. The van der Waals surface area contributed by atoms with Crippen LogP contribution in [0.15, 0.2) is 65.6 Å². The van der Waals surface area contributed by atoms with Crippen LogP contribution in [0.3, 0.4) is 0 Å². The highest BCUT2D eigenvalue weighted by Gasteiger charge is 2.29. The van der Waals surface area contributed by atoms with Gasteiger partial charge in [-0.25, -0.2) is 12.8 Å². The van der Waals surface area contributed by atoms with Gasteiger partial charge in [-0.1, -0.05) is 6.07 Å². The Morgan fingerprint density at radius 1 is 1.12 bits per heavy atom. The summed E-state index contributed by atoms with van der Waals surface area (Å²) in [5.41, 5.74) is 1.98. The van der Waals surface area contributed by atoms with Crippen molar-refractivity contribution in [3.8, 4) is 0 Å². The number of rotatable bonds is 5. The lowest BCUT2D eigenvalue weighted by Crippen LogP contribution is -2.35. The molecule has 1 heterocycles. The van der Waals surface area contributed by atoms with E-state index in [9.17, 15) is 27.7 Å². The third-order valence-electron chi connectivity index (χ3n) is 5.56. The molecule has 0 fully saturated rings. The Labute approximate surface area is 189 Å². The highest BCUT2D eigenvalue weighted by molar-refractivity contribution is 7.92. The van der Waals surface area contributed by atoms with Crippen LogP contribution in [-0.2, 0) is 16.4 Å². The van der Waals surface area contributed by atoms with Crippen molar-refractivity contribution in [1.29, 1.82) is 0 Å². The molecule has 170 valence electrons. The van der Waals surface area contributed by atoms with Crippen LogP contribution < -0.4 is 9.62 Å². The number of nitro groups is 1. The molecule has 1 aliphatic rings. The maximum Gasteiger partial charge on any atom is 0.273 e. The summed E-state index contributed by atoms with van der Waals surface area (Å²) in [5, 5.41) is 13.9. The minimum absolute atomic E-state index is 0.00437. The van der Waals surface area contributed by atoms with Crippen molar-refractivity contribution in [2.45, 2.75) is 24.7 Å². The van der Waals surface area contributed by atoms with E-state index in [1.165, 1.54) is 41.6 Å². The number of nitrogens with one attached hydrogen (secondary N) is 1. The average molecular weight is 469 g/mol. The molecule has 4 rings (SSSR count). The second kappa shape index (κ2) is 8.62. The Bertz CT molecular complexity index is 1360. The molecule has 3 aromatic carbocycles. The molecule has 10 heteroatoms. The van der Waals surface area contributed by atoms with E-state index in [0.717, 1.165) is 17.7 Å². The maximum atomic E-state index is 13.2. The highest BCUT2D eigenvalue weighted by atomic mass is 32.2. The van der Waals surface area contributed by atoms with E-state index in [4.69, 9.17) is 0 Å². The number of nitrogens with zero attached hydrogens (tertiary/aromatic N) is 2. The van der Waals surface area contributed by atoms with Gasteiger partial charge in [-0.05, 0) is 73.9 Å². The Morgan fingerprint density at radius 3 is 2.55 bits per heavy atom. The van der Waals surface area contributed by atoms with E-state index in [-0.39, 0.29) is 28.3 Å². The van der Waals surface area contributed by atoms with Crippen LogP contribution in [0.4, 0.5) is 21.5 Å². The van der Waals surface area contributed by atoms with Gasteiger partial charge in [0.15, 0.2) is 0 Å². The van der Waals surface area contributed by atoms with Crippen molar-refractivity contribution in [2.24, 2.45) is 0 Å². The second-order valence-corrected chi connectivity index (χ2v) is 9.50. The molecular weight excluding hydrogens is 449 g/mol. The Kier molecular flexibility index (Phi) is 5.86. The number of sulfonamides is 1. The number of carbonyl (C=O) groups excluding carboxylic acids is 1. The lowest BCUT2D eigenvalue weighted by Gasteiger charge is -2.31. The summed E-state index contributed by atoms with van der Waals surface area (Å²) in [7, 11) is -3.87. The van der Waals surface area contributed by atoms with Crippen molar-refractivity contribution >= 4 is 33.0 Å². The van der Waals surface area contributed by atoms with E-state index >= 15 is 0 Å². The molecular formula is C23H20FN3O5S. The number of benzene rings is 3. The number of anilines is 2. The topological polar surface area (TPSA) is 110 Å². The minimum Gasteiger partial charge on any atom is -0.322 e. The SMILES string of the molecule is Cc1c(C(=O)Nc2ccc3c(c2)CCCN3S(=O)(=O)c2ccc(F)cc2)cccc1[N+](=O)[O-]. The minimum atomic E-state index is -3.87. The third-order valence-corrected chi connectivity index (χ3v) is 7.39. The molecule has 0 radical (unpaired) electrons. The number of nitro benzene ring substituents is 1. The second-order valence-electron chi connectivity index (χ2n) is 7.64. The van der Waals surface area contributed by atoms with Gasteiger partial charge in [0, 0.05) is 29.4 Å². The van der Waals surface area contributed by atoms with Gasteiger partial charge in [-0.3, -0.25) is 19.2 Å². The van der Waals surface area contributed by atoms with Crippen LogP contribution >= 0.6 is 0 Å². The predicted molar refractivity (Wildman–Crippen MR) is 121 cm³/mol. The molecule has 1 N–H and O–H groups in total. The third kappa shape index (κ3) is 4.29. The van der Waals surface area contributed by atoms with Crippen molar-refractivity contribution in [2.75, 3.05) is 16.2 Å². The van der Waals surface area contributed by atoms with Crippen LogP contribution in [0.2, 0.25) is 0 Å². The van der Waals surface area contributed by atoms with Gasteiger partial charge in [0.1, 0.15) is 5.82 Å². The first-order valence-corrected chi connectivity index (χ1v) is 11.6. The molecule has 1 amide bonds. The van der Waals surface area contributed by atoms with Crippen LogP contribution in [0.1, 0.15) is 27.9 Å². The highest BCUT2D eigenvalue weighted by Crippen LogP contribution is 2.34. The van der Waals surface area contributed by atoms with E-state index in [2.05, 4.69) is 5.32 Å². The van der Waals surface area contributed by atoms with E-state index in [1.807, 2.05) is 0 Å². The first-order valence-electron chi connectivity index (χ1n) is 10.1. The molecule has 1 aliphatic heterocycles. The van der Waals surface area contributed by atoms with Crippen molar-refractivity contribution in [3.63, 3.8) is 0 Å². The van der Waals surface area contributed by atoms with Crippen LogP contribution in [0.5, 0.6) is 0 Å². The fourth-order valence-electron chi connectivity index (χ4n) is 3.89.